The molecule has 0 bridgehead atoms. The average Bonchev–Trinajstić information content (AvgIpc) is 3.45. The zero-order chi connectivity index (χ0) is 17.6. The van der Waals surface area contributed by atoms with Gasteiger partial charge in [0.25, 0.3) is 0 Å². The standard InChI is InChI=1S/C20H28N2O3/c1-25-18-9-5-4-8-15(18)16-14-17(16)20(24)21-11-10-19(23)22-12-6-2-3-7-13-22/h4-5,8-9,16-17H,2-3,6-7,10-14H2,1H3,(H,21,24). The second kappa shape index (κ2) is 8.37. The zero-order valence-electron chi connectivity index (χ0n) is 15.0. The number of nitrogens with zero attached hydrogens (tertiary/aromatic N) is 1. The number of para-hydroxylation sites is 1. The fourth-order valence-electron chi connectivity index (χ4n) is 3.70. The molecule has 1 N–H and O–H groups in total. The molecule has 0 aromatic heterocycles. The molecule has 2 atom stereocenters. The van der Waals surface area contributed by atoms with Gasteiger partial charge in [-0.3, -0.25) is 9.59 Å². The van der Waals surface area contributed by atoms with Gasteiger partial charge < -0.3 is 15.0 Å². The van der Waals surface area contributed by atoms with Crippen molar-refractivity contribution in [2.24, 2.45) is 5.92 Å². The third kappa shape index (κ3) is 4.53. The maximum absolute atomic E-state index is 12.3. The average molecular weight is 344 g/mol. The van der Waals surface area contributed by atoms with Gasteiger partial charge in [0.05, 0.1) is 7.11 Å². The molecule has 2 aliphatic rings. The van der Waals surface area contributed by atoms with Gasteiger partial charge in [-0.1, -0.05) is 31.0 Å². The van der Waals surface area contributed by atoms with E-state index in [9.17, 15) is 9.59 Å². The van der Waals surface area contributed by atoms with Crippen molar-refractivity contribution < 1.29 is 14.3 Å². The summed E-state index contributed by atoms with van der Waals surface area (Å²) in [6.07, 6.45) is 5.88. The van der Waals surface area contributed by atoms with E-state index in [0.29, 0.717) is 13.0 Å². The highest BCUT2D eigenvalue weighted by Crippen LogP contribution is 2.50. The van der Waals surface area contributed by atoms with E-state index in [1.54, 1.807) is 7.11 Å². The summed E-state index contributed by atoms with van der Waals surface area (Å²) in [5, 5.41) is 2.94. The number of benzene rings is 1. The number of nitrogens with one attached hydrogen (secondary N) is 1. The normalized spacial score (nSPS) is 22.8. The molecule has 1 aromatic rings. The highest BCUT2D eigenvalue weighted by atomic mass is 16.5. The Morgan fingerprint density at radius 1 is 1.16 bits per heavy atom. The van der Waals surface area contributed by atoms with E-state index in [2.05, 4.69) is 5.32 Å². The SMILES string of the molecule is COc1ccccc1C1CC1C(=O)NCCC(=O)N1CCCCCC1. The minimum atomic E-state index is 0.00425. The summed E-state index contributed by atoms with van der Waals surface area (Å²) in [5.41, 5.74) is 1.10. The number of ether oxygens (including phenoxy) is 1. The number of carbonyl (C=O) groups is 2. The molecule has 1 aliphatic carbocycles. The summed E-state index contributed by atoms with van der Waals surface area (Å²) in [6, 6.07) is 7.88. The highest BCUT2D eigenvalue weighted by Gasteiger charge is 2.45. The monoisotopic (exact) mass is 344 g/mol. The van der Waals surface area contributed by atoms with Crippen LogP contribution < -0.4 is 10.1 Å². The smallest absolute Gasteiger partial charge is 0.224 e. The molecular formula is C20H28N2O3. The van der Waals surface area contributed by atoms with Crippen LogP contribution >= 0.6 is 0 Å². The van der Waals surface area contributed by atoms with Crippen LogP contribution in [0.2, 0.25) is 0 Å². The zero-order valence-corrected chi connectivity index (χ0v) is 15.0. The Balaban J connectivity index is 1.42. The maximum atomic E-state index is 12.3. The fraction of sp³-hybridized carbons (Fsp3) is 0.600. The third-order valence-corrected chi connectivity index (χ3v) is 5.26. The molecule has 1 aromatic carbocycles. The Labute approximate surface area is 149 Å². The van der Waals surface area contributed by atoms with Gasteiger partial charge in [0.15, 0.2) is 0 Å². The van der Waals surface area contributed by atoms with Crippen LogP contribution in [0.1, 0.15) is 50.0 Å². The molecule has 25 heavy (non-hydrogen) atoms. The van der Waals surface area contributed by atoms with Gasteiger partial charge in [-0.05, 0) is 36.8 Å². The van der Waals surface area contributed by atoms with E-state index in [1.807, 2.05) is 29.2 Å². The summed E-state index contributed by atoms with van der Waals surface area (Å²) >= 11 is 0. The van der Waals surface area contributed by atoms with Crippen LogP contribution in [0.25, 0.3) is 0 Å². The molecule has 2 unspecified atom stereocenters. The molecule has 2 fully saturated rings. The van der Waals surface area contributed by atoms with Crippen LogP contribution in [0.4, 0.5) is 0 Å². The van der Waals surface area contributed by atoms with Crippen molar-refractivity contribution in [2.75, 3.05) is 26.7 Å². The first kappa shape index (κ1) is 17.8. The van der Waals surface area contributed by atoms with Crippen LogP contribution in [0.5, 0.6) is 5.75 Å². The van der Waals surface area contributed by atoms with Gasteiger partial charge in [0.2, 0.25) is 11.8 Å². The molecule has 5 nitrogen and oxygen atoms in total. The van der Waals surface area contributed by atoms with E-state index >= 15 is 0 Å². The van der Waals surface area contributed by atoms with E-state index < -0.39 is 0 Å². The van der Waals surface area contributed by atoms with E-state index in [1.165, 1.54) is 12.8 Å². The fourth-order valence-corrected chi connectivity index (χ4v) is 3.70. The molecule has 5 heteroatoms. The van der Waals surface area contributed by atoms with E-state index in [-0.39, 0.29) is 23.7 Å². The Morgan fingerprint density at radius 2 is 1.88 bits per heavy atom. The minimum Gasteiger partial charge on any atom is -0.496 e. The topological polar surface area (TPSA) is 58.6 Å². The van der Waals surface area contributed by atoms with Crippen molar-refractivity contribution in [1.29, 1.82) is 0 Å². The summed E-state index contributed by atoms with van der Waals surface area (Å²) in [5.74, 6) is 1.31. The molecule has 1 saturated carbocycles. The molecule has 3 rings (SSSR count). The summed E-state index contributed by atoms with van der Waals surface area (Å²) < 4.78 is 5.38. The van der Waals surface area contributed by atoms with Gasteiger partial charge in [0.1, 0.15) is 5.75 Å². The quantitative estimate of drug-likeness (QED) is 0.863. The van der Waals surface area contributed by atoms with Gasteiger partial charge in [-0.15, -0.1) is 0 Å². The van der Waals surface area contributed by atoms with Gasteiger partial charge >= 0.3 is 0 Å². The Morgan fingerprint density at radius 3 is 2.60 bits per heavy atom. The van der Waals surface area contributed by atoms with Crippen molar-refractivity contribution >= 4 is 11.8 Å². The van der Waals surface area contributed by atoms with Crippen molar-refractivity contribution in [2.45, 2.75) is 44.4 Å². The Kier molecular flexibility index (Phi) is 5.95. The third-order valence-electron chi connectivity index (χ3n) is 5.26. The van der Waals surface area contributed by atoms with Crippen LogP contribution in [0.15, 0.2) is 24.3 Å². The number of methoxy groups -OCH3 is 1. The first-order chi connectivity index (χ1) is 12.2. The lowest BCUT2D eigenvalue weighted by molar-refractivity contribution is -0.131. The van der Waals surface area contributed by atoms with E-state index in [4.69, 9.17) is 4.74 Å². The van der Waals surface area contributed by atoms with Gasteiger partial charge in [-0.25, -0.2) is 0 Å². The van der Waals surface area contributed by atoms with Gasteiger partial charge in [-0.2, -0.15) is 0 Å². The number of amides is 2. The lowest BCUT2D eigenvalue weighted by Gasteiger charge is -2.20. The van der Waals surface area contributed by atoms with Crippen LogP contribution in [0.3, 0.4) is 0 Å². The van der Waals surface area contributed by atoms with Crippen molar-refractivity contribution in [3.63, 3.8) is 0 Å². The maximum Gasteiger partial charge on any atom is 0.224 e. The number of rotatable bonds is 6. The van der Waals surface area contributed by atoms with Crippen LogP contribution in [-0.4, -0.2) is 43.5 Å². The van der Waals surface area contributed by atoms with Crippen LogP contribution in [0, 0.1) is 5.92 Å². The molecule has 1 heterocycles. The summed E-state index contributed by atoms with van der Waals surface area (Å²) in [4.78, 5) is 26.5. The molecule has 0 radical (unpaired) electrons. The Bertz CT molecular complexity index is 609. The molecule has 1 saturated heterocycles. The van der Waals surface area contributed by atoms with Crippen LogP contribution in [-0.2, 0) is 9.59 Å². The molecule has 1 aliphatic heterocycles. The Hall–Kier alpha value is -2.04. The van der Waals surface area contributed by atoms with Gasteiger partial charge in [0, 0.05) is 32.0 Å². The molecule has 136 valence electrons. The summed E-state index contributed by atoms with van der Waals surface area (Å²) in [7, 11) is 1.66. The van der Waals surface area contributed by atoms with E-state index in [0.717, 1.165) is 43.7 Å². The second-order valence-electron chi connectivity index (χ2n) is 7.03. The largest absolute Gasteiger partial charge is 0.496 e. The molecule has 2 amide bonds. The number of carbonyl (C=O) groups excluding carboxylic acids is 2. The number of hydrogen-bond donors (Lipinski definition) is 1. The van der Waals surface area contributed by atoms with Crippen molar-refractivity contribution in [3.05, 3.63) is 29.8 Å². The summed E-state index contributed by atoms with van der Waals surface area (Å²) in [6.45, 7) is 2.17. The first-order valence-corrected chi connectivity index (χ1v) is 9.39. The lowest BCUT2D eigenvalue weighted by Crippen LogP contribution is -2.35. The number of hydrogen-bond acceptors (Lipinski definition) is 3. The van der Waals surface area contributed by atoms with Crippen molar-refractivity contribution in [3.8, 4) is 5.75 Å². The lowest BCUT2D eigenvalue weighted by atomic mass is 10.1. The minimum absolute atomic E-state index is 0.00425. The van der Waals surface area contributed by atoms with Crippen molar-refractivity contribution in [1.82, 2.24) is 10.2 Å². The molecule has 0 spiro atoms. The molecular weight excluding hydrogens is 316 g/mol. The predicted octanol–water partition coefficient (Wildman–Crippen LogP) is 2.71. The second-order valence-corrected chi connectivity index (χ2v) is 7.03. The highest BCUT2D eigenvalue weighted by molar-refractivity contribution is 5.84. The predicted molar refractivity (Wildman–Crippen MR) is 96.5 cm³/mol. The number of likely N-dealkylation sites (tertiary alicyclic amines) is 1. The first-order valence-electron chi connectivity index (χ1n) is 9.39.